The number of thiazole rings is 1. The minimum absolute atomic E-state index is 0.645. The first-order valence-corrected chi connectivity index (χ1v) is 7.11. The van der Waals surface area contributed by atoms with E-state index in [2.05, 4.69) is 22.2 Å². The zero-order valence-electron chi connectivity index (χ0n) is 9.98. The van der Waals surface area contributed by atoms with Gasteiger partial charge in [-0.15, -0.1) is 11.3 Å². The molecule has 1 aliphatic heterocycles. The van der Waals surface area contributed by atoms with E-state index in [0.29, 0.717) is 11.0 Å². The highest BCUT2D eigenvalue weighted by Gasteiger charge is 2.21. The van der Waals surface area contributed by atoms with Crippen LogP contribution in [0.2, 0.25) is 0 Å². The van der Waals surface area contributed by atoms with E-state index in [4.69, 9.17) is 5.73 Å². The molecule has 90 valence electrons. The third-order valence-electron chi connectivity index (χ3n) is 3.37. The molecule has 1 fully saturated rings. The molecule has 1 aliphatic rings. The predicted molar refractivity (Wildman–Crippen MR) is 69.8 cm³/mol. The molecular weight excluding hydrogens is 218 g/mol. The van der Waals surface area contributed by atoms with Crippen LogP contribution in [0.3, 0.4) is 0 Å². The Kier molecular flexibility index (Phi) is 4.18. The van der Waals surface area contributed by atoms with Gasteiger partial charge in [-0.1, -0.05) is 13.3 Å². The predicted octanol–water partition coefficient (Wildman–Crippen LogP) is 2.70. The molecule has 16 heavy (non-hydrogen) atoms. The summed E-state index contributed by atoms with van der Waals surface area (Å²) in [7, 11) is 0. The molecule has 2 N–H and O–H groups in total. The van der Waals surface area contributed by atoms with Crippen molar-refractivity contribution in [1.29, 1.82) is 0 Å². The fraction of sp³-hybridized carbons (Fsp3) is 0.750. The van der Waals surface area contributed by atoms with Gasteiger partial charge in [0.05, 0.1) is 5.69 Å². The summed E-state index contributed by atoms with van der Waals surface area (Å²) in [5.74, 6) is 0.645. The molecule has 1 saturated heterocycles. The topological polar surface area (TPSA) is 42.1 Å². The maximum absolute atomic E-state index is 5.68. The summed E-state index contributed by atoms with van der Waals surface area (Å²) in [6.07, 6.45) is 5.11. The smallest absolute Gasteiger partial charge is 0.180 e. The van der Waals surface area contributed by atoms with Crippen LogP contribution in [0.4, 0.5) is 5.13 Å². The third kappa shape index (κ3) is 2.95. The Bertz CT molecular complexity index is 316. The lowest BCUT2D eigenvalue weighted by molar-refractivity contribution is 0.208. The molecule has 0 spiro atoms. The molecular formula is C12H21N3S. The van der Waals surface area contributed by atoms with E-state index in [1.807, 2.05) is 0 Å². The lowest BCUT2D eigenvalue weighted by Crippen LogP contribution is -2.33. The van der Waals surface area contributed by atoms with Crippen molar-refractivity contribution in [2.45, 2.75) is 38.5 Å². The number of unbranched alkanes of at least 4 members (excludes halogenated alkanes) is 1. The van der Waals surface area contributed by atoms with Crippen LogP contribution in [-0.2, 0) is 0 Å². The molecule has 0 amide bonds. The lowest BCUT2D eigenvalue weighted by atomic mass is 9.94. The van der Waals surface area contributed by atoms with Gasteiger partial charge in [0.1, 0.15) is 0 Å². The lowest BCUT2D eigenvalue weighted by Gasteiger charge is -2.31. The first kappa shape index (κ1) is 11.9. The summed E-state index contributed by atoms with van der Waals surface area (Å²) in [5.41, 5.74) is 6.90. The number of hydrogen-bond acceptors (Lipinski definition) is 4. The Labute approximate surface area is 102 Å². The number of anilines is 1. The standard InChI is InChI=1S/C12H21N3S/c1-2-3-6-15-7-4-10(5-8-15)11-9-16-12(13)14-11/h9-10H,2-8H2,1H3,(H2,13,14). The highest BCUT2D eigenvalue weighted by Crippen LogP contribution is 2.29. The average Bonchev–Trinajstić information content (AvgIpc) is 2.74. The Morgan fingerprint density at radius 1 is 1.50 bits per heavy atom. The zero-order chi connectivity index (χ0) is 11.4. The van der Waals surface area contributed by atoms with Crippen LogP contribution >= 0.6 is 11.3 Å². The average molecular weight is 239 g/mol. The molecule has 0 aromatic carbocycles. The Morgan fingerprint density at radius 3 is 2.81 bits per heavy atom. The monoisotopic (exact) mass is 239 g/mol. The van der Waals surface area contributed by atoms with Crippen molar-refractivity contribution in [1.82, 2.24) is 9.88 Å². The summed E-state index contributed by atoms with van der Waals surface area (Å²) in [6.45, 7) is 5.97. The maximum atomic E-state index is 5.68. The van der Waals surface area contributed by atoms with Gasteiger partial charge in [0.15, 0.2) is 5.13 Å². The largest absolute Gasteiger partial charge is 0.375 e. The van der Waals surface area contributed by atoms with Crippen molar-refractivity contribution in [3.63, 3.8) is 0 Å². The van der Waals surface area contributed by atoms with Gasteiger partial charge in [0, 0.05) is 11.3 Å². The molecule has 2 rings (SSSR count). The highest BCUT2D eigenvalue weighted by atomic mass is 32.1. The van der Waals surface area contributed by atoms with E-state index in [0.717, 1.165) is 0 Å². The molecule has 0 saturated carbocycles. The van der Waals surface area contributed by atoms with Gasteiger partial charge in [0.2, 0.25) is 0 Å². The number of hydrogen-bond donors (Lipinski definition) is 1. The number of piperidine rings is 1. The Morgan fingerprint density at radius 2 is 2.25 bits per heavy atom. The molecule has 4 heteroatoms. The van der Waals surface area contributed by atoms with Crippen molar-refractivity contribution in [2.75, 3.05) is 25.4 Å². The summed E-state index contributed by atoms with van der Waals surface area (Å²) in [6, 6.07) is 0. The number of aromatic nitrogens is 1. The minimum Gasteiger partial charge on any atom is -0.375 e. The van der Waals surface area contributed by atoms with Crippen LogP contribution in [0, 0.1) is 0 Å². The van der Waals surface area contributed by atoms with Crippen LogP contribution in [0.5, 0.6) is 0 Å². The van der Waals surface area contributed by atoms with Gasteiger partial charge < -0.3 is 10.6 Å². The molecule has 2 heterocycles. The van der Waals surface area contributed by atoms with E-state index in [-0.39, 0.29) is 0 Å². The summed E-state index contributed by atoms with van der Waals surface area (Å²) in [4.78, 5) is 6.98. The van der Waals surface area contributed by atoms with Crippen LogP contribution in [-0.4, -0.2) is 29.5 Å². The van der Waals surface area contributed by atoms with Gasteiger partial charge >= 0.3 is 0 Å². The summed E-state index contributed by atoms with van der Waals surface area (Å²) >= 11 is 1.57. The number of likely N-dealkylation sites (tertiary alicyclic amines) is 1. The van der Waals surface area contributed by atoms with E-state index in [9.17, 15) is 0 Å². The normalized spacial score (nSPS) is 19.1. The molecule has 1 aromatic rings. The fourth-order valence-electron chi connectivity index (χ4n) is 2.32. The minimum atomic E-state index is 0.645. The van der Waals surface area contributed by atoms with Crippen molar-refractivity contribution >= 4 is 16.5 Å². The first-order chi connectivity index (χ1) is 7.79. The fourth-order valence-corrected chi connectivity index (χ4v) is 2.97. The van der Waals surface area contributed by atoms with Gasteiger partial charge in [-0.05, 0) is 38.9 Å². The number of nitrogens with two attached hydrogens (primary N) is 1. The van der Waals surface area contributed by atoms with Crippen LogP contribution in [0.15, 0.2) is 5.38 Å². The first-order valence-electron chi connectivity index (χ1n) is 6.23. The molecule has 3 nitrogen and oxygen atoms in total. The number of rotatable bonds is 4. The van der Waals surface area contributed by atoms with Gasteiger partial charge in [-0.2, -0.15) is 0 Å². The maximum Gasteiger partial charge on any atom is 0.180 e. The van der Waals surface area contributed by atoms with E-state index in [1.54, 1.807) is 11.3 Å². The van der Waals surface area contributed by atoms with Crippen molar-refractivity contribution in [3.05, 3.63) is 11.1 Å². The second-order valence-corrected chi connectivity index (χ2v) is 5.47. The van der Waals surface area contributed by atoms with Crippen LogP contribution < -0.4 is 5.73 Å². The highest BCUT2D eigenvalue weighted by molar-refractivity contribution is 7.13. The van der Waals surface area contributed by atoms with Gasteiger partial charge in [-0.3, -0.25) is 0 Å². The van der Waals surface area contributed by atoms with Crippen LogP contribution in [0.1, 0.15) is 44.2 Å². The quantitative estimate of drug-likeness (QED) is 0.878. The second kappa shape index (κ2) is 5.64. The number of nitrogens with zero attached hydrogens (tertiary/aromatic N) is 2. The molecule has 0 radical (unpaired) electrons. The zero-order valence-corrected chi connectivity index (χ0v) is 10.8. The SMILES string of the molecule is CCCCN1CCC(c2csc(N)n2)CC1. The Balaban J connectivity index is 1.81. The molecule has 0 unspecified atom stereocenters. The van der Waals surface area contributed by atoms with E-state index >= 15 is 0 Å². The second-order valence-electron chi connectivity index (χ2n) is 4.58. The van der Waals surface area contributed by atoms with Gasteiger partial charge in [0.25, 0.3) is 0 Å². The van der Waals surface area contributed by atoms with E-state index < -0.39 is 0 Å². The number of nitrogen functional groups attached to an aromatic ring is 1. The van der Waals surface area contributed by atoms with Gasteiger partial charge in [-0.25, -0.2) is 4.98 Å². The Hall–Kier alpha value is -0.610. The van der Waals surface area contributed by atoms with Crippen LogP contribution in [0.25, 0.3) is 0 Å². The molecule has 0 bridgehead atoms. The van der Waals surface area contributed by atoms with Crippen molar-refractivity contribution < 1.29 is 0 Å². The molecule has 1 aromatic heterocycles. The van der Waals surface area contributed by atoms with E-state index in [1.165, 1.54) is 51.0 Å². The van der Waals surface area contributed by atoms with Crippen molar-refractivity contribution in [3.8, 4) is 0 Å². The summed E-state index contributed by atoms with van der Waals surface area (Å²) in [5, 5.41) is 2.84. The summed E-state index contributed by atoms with van der Waals surface area (Å²) < 4.78 is 0. The molecule has 0 aliphatic carbocycles. The third-order valence-corrected chi connectivity index (χ3v) is 4.07. The molecule has 0 atom stereocenters. The van der Waals surface area contributed by atoms with Crippen molar-refractivity contribution in [2.24, 2.45) is 0 Å².